The zero-order valence-corrected chi connectivity index (χ0v) is 15.6. The van der Waals surface area contributed by atoms with Crippen molar-refractivity contribution >= 4 is 0 Å². The maximum atomic E-state index is 13.7. The van der Waals surface area contributed by atoms with Crippen LogP contribution in [0.4, 0.5) is 4.39 Å². The monoisotopic (exact) mass is 341 g/mol. The molecule has 25 heavy (non-hydrogen) atoms. The highest BCUT2D eigenvalue weighted by Crippen LogP contribution is 2.42. The van der Waals surface area contributed by atoms with Crippen molar-refractivity contribution in [3.05, 3.63) is 35.1 Å². The Bertz CT molecular complexity index is 587. The van der Waals surface area contributed by atoms with Crippen molar-refractivity contribution in [2.75, 3.05) is 0 Å². The van der Waals surface area contributed by atoms with Crippen LogP contribution in [0.1, 0.15) is 82.3 Å². The standard InChI is InChI=1S/C23H32FN/c1-2-17-5-10-20(11-6-17)21-12-7-18(8-13-21)3-4-19-9-14-22(16-25)23(24)15-19/h9,14-15,17-18,20-21H,2-8,10-13H2,1H3/t17-,18?,20-,21?. The van der Waals surface area contributed by atoms with Crippen LogP contribution < -0.4 is 0 Å². The number of rotatable bonds is 5. The molecule has 136 valence electrons. The van der Waals surface area contributed by atoms with E-state index in [1.807, 2.05) is 12.1 Å². The van der Waals surface area contributed by atoms with Crippen molar-refractivity contribution in [2.24, 2.45) is 23.7 Å². The van der Waals surface area contributed by atoms with Crippen molar-refractivity contribution < 1.29 is 4.39 Å². The number of nitriles is 1. The van der Waals surface area contributed by atoms with Crippen LogP contribution in [0.25, 0.3) is 0 Å². The number of hydrogen-bond acceptors (Lipinski definition) is 1. The lowest BCUT2D eigenvalue weighted by molar-refractivity contribution is 0.142. The first-order valence-corrected chi connectivity index (χ1v) is 10.4. The minimum absolute atomic E-state index is 0.155. The quantitative estimate of drug-likeness (QED) is 0.588. The summed E-state index contributed by atoms with van der Waals surface area (Å²) in [5.74, 6) is 3.41. The van der Waals surface area contributed by atoms with Gasteiger partial charge < -0.3 is 0 Å². The minimum atomic E-state index is -0.369. The Balaban J connectivity index is 1.41. The third-order valence-corrected chi connectivity index (χ3v) is 7.02. The van der Waals surface area contributed by atoms with Gasteiger partial charge in [-0.15, -0.1) is 0 Å². The molecule has 0 aromatic heterocycles. The van der Waals surface area contributed by atoms with E-state index in [0.717, 1.165) is 35.7 Å². The first-order valence-electron chi connectivity index (χ1n) is 10.4. The Morgan fingerprint density at radius 1 is 0.960 bits per heavy atom. The van der Waals surface area contributed by atoms with Gasteiger partial charge in [0.05, 0.1) is 5.56 Å². The summed E-state index contributed by atoms with van der Waals surface area (Å²) in [5.41, 5.74) is 1.19. The number of nitrogens with zero attached hydrogens (tertiary/aromatic N) is 1. The second-order valence-electron chi connectivity index (χ2n) is 8.43. The Kier molecular flexibility index (Phi) is 6.51. The molecule has 0 N–H and O–H groups in total. The smallest absolute Gasteiger partial charge is 0.141 e. The highest BCUT2D eigenvalue weighted by atomic mass is 19.1. The molecule has 0 aliphatic heterocycles. The maximum Gasteiger partial charge on any atom is 0.141 e. The Morgan fingerprint density at radius 2 is 1.56 bits per heavy atom. The largest absolute Gasteiger partial charge is 0.206 e. The van der Waals surface area contributed by atoms with Crippen LogP contribution in [-0.2, 0) is 6.42 Å². The lowest BCUT2D eigenvalue weighted by atomic mass is 9.68. The molecule has 2 heteroatoms. The predicted molar refractivity (Wildman–Crippen MR) is 101 cm³/mol. The molecule has 0 radical (unpaired) electrons. The highest BCUT2D eigenvalue weighted by Gasteiger charge is 2.30. The summed E-state index contributed by atoms with van der Waals surface area (Å²) in [4.78, 5) is 0. The van der Waals surface area contributed by atoms with Gasteiger partial charge in [0.2, 0.25) is 0 Å². The predicted octanol–water partition coefficient (Wildman–Crippen LogP) is 6.65. The van der Waals surface area contributed by atoms with E-state index in [0.29, 0.717) is 0 Å². The molecule has 2 saturated carbocycles. The lowest BCUT2D eigenvalue weighted by Crippen LogP contribution is -2.25. The molecule has 1 nitrogen and oxygen atoms in total. The van der Waals surface area contributed by atoms with Crippen LogP contribution in [0.2, 0.25) is 0 Å². The van der Waals surface area contributed by atoms with Gasteiger partial charge >= 0.3 is 0 Å². The van der Waals surface area contributed by atoms with E-state index in [9.17, 15) is 4.39 Å². The molecule has 0 unspecified atom stereocenters. The van der Waals surface area contributed by atoms with E-state index < -0.39 is 0 Å². The summed E-state index contributed by atoms with van der Waals surface area (Å²) < 4.78 is 13.7. The number of hydrogen-bond donors (Lipinski definition) is 0. The maximum absolute atomic E-state index is 13.7. The fourth-order valence-electron chi connectivity index (χ4n) is 5.19. The van der Waals surface area contributed by atoms with Crippen LogP contribution in [0, 0.1) is 40.8 Å². The topological polar surface area (TPSA) is 23.8 Å². The Morgan fingerprint density at radius 3 is 2.08 bits per heavy atom. The van der Waals surface area contributed by atoms with Gasteiger partial charge in [0, 0.05) is 0 Å². The van der Waals surface area contributed by atoms with E-state index in [1.165, 1.54) is 64.2 Å². The second kappa shape index (κ2) is 8.84. The van der Waals surface area contributed by atoms with Gasteiger partial charge in [-0.1, -0.05) is 45.1 Å². The molecule has 0 bridgehead atoms. The van der Waals surface area contributed by atoms with Crippen LogP contribution in [0.3, 0.4) is 0 Å². The zero-order valence-electron chi connectivity index (χ0n) is 15.6. The molecule has 2 aliphatic rings. The molecule has 2 aliphatic carbocycles. The minimum Gasteiger partial charge on any atom is -0.206 e. The van der Waals surface area contributed by atoms with Gasteiger partial charge in [0.15, 0.2) is 0 Å². The summed E-state index contributed by atoms with van der Waals surface area (Å²) in [5, 5.41) is 8.81. The van der Waals surface area contributed by atoms with Crippen molar-refractivity contribution in [3.63, 3.8) is 0 Å². The fraction of sp³-hybridized carbons (Fsp3) is 0.696. The summed E-state index contributed by atoms with van der Waals surface area (Å²) in [6.45, 7) is 2.34. The van der Waals surface area contributed by atoms with E-state index in [1.54, 1.807) is 12.1 Å². The highest BCUT2D eigenvalue weighted by molar-refractivity contribution is 5.33. The number of aryl methyl sites for hydroxylation is 1. The molecule has 0 atom stereocenters. The van der Waals surface area contributed by atoms with E-state index in [-0.39, 0.29) is 11.4 Å². The van der Waals surface area contributed by atoms with Gasteiger partial charge in [-0.05, 0) is 79.9 Å². The molecule has 0 amide bonds. The Hall–Kier alpha value is -1.36. The number of halogens is 1. The SMILES string of the molecule is CC[C@H]1CC[C@H](C2CCC(CCc3ccc(C#N)c(F)c3)CC2)CC1. The van der Waals surface area contributed by atoms with Gasteiger partial charge in [-0.2, -0.15) is 5.26 Å². The third-order valence-electron chi connectivity index (χ3n) is 7.02. The fourth-order valence-corrected chi connectivity index (χ4v) is 5.19. The van der Waals surface area contributed by atoms with Crippen molar-refractivity contribution in [1.82, 2.24) is 0 Å². The summed E-state index contributed by atoms with van der Waals surface area (Å²) in [6.07, 6.45) is 14.9. The molecule has 1 aromatic rings. The molecular weight excluding hydrogens is 309 g/mol. The average molecular weight is 342 g/mol. The average Bonchev–Trinajstić information content (AvgIpc) is 2.67. The number of benzene rings is 1. The Labute approximate surface area is 152 Å². The summed E-state index contributed by atoms with van der Waals surface area (Å²) in [6, 6.07) is 6.98. The van der Waals surface area contributed by atoms with Crippen molar-refractivity contribution in [3.8, 4) is 6.07 Å². The molecule has 0 spiro atoms. The molecular formula is C23H32FN. The van der Waals surface area contributed by atoms with Crippen LogP contribution in [0.15, 0.2) is 18.2 Å². The third kappa shape index (κ3) is 4.84. The molecule has 3 rings (SSSR count). The van der Waals surface area contributed by atoms with Crippen LogP contribution in [0.5, 0.6) is 0 Å². The summed E-state index contributed by atoms with van der Waals surface area (Å²) >= 11 is 0. The van der Waals surface area contributed by atoms with Crippen LogP contribution >= 0.6 is 0 Å². The molecule has 0 heterocycles. The molecule has 2 fully saturated rings. The normalized spacial score (nSPS) is 30.0. The second-order valence-corrected chi connectivity index (χ2v) is 8.43. The van der Waals surface area contributed by atoms with Gasteiger partial charge in [-0.25, -0.2) is 4.39 Å². The van der Waals surface area contributed by atoms with Gasteiger partial charge in [0.25, 0.3) is 0 Å². The van der Waals surface area contributed by atoms with Crippen molar-refractivity contribution in [2.45, 2.75) is 77.6 Å². The summed E-state index contributed by atoms with van der Waals surface area (Å²) in [7, 11) is 0. The zero-order chi connectivity index (χ0) is 17.6. The first kappa shape index (κ1) is 18.4. The van der Waals surface area contributed by atoms with E-state index in [2.05, 4.69) is 6.92 Å². The van der Waals surface area contributed by atoms with E-state index in [4.69, 9.17) is 5.26 Å². The van der Waals surface area contributed by atoms with Crippen LogP contribution in [-0.4, -0.2) is 0 Å². The van der Waals surface area contributed by atoms with Gasteiger partial charge in [0.1, 0.15) is 11.9 Å². The van der Waals surface area contributed by atoms with Crippen molar-refractivity contribution in [1.29, 1.82) is 5.26 Å². The van der Waals surface area contributed by atoms with E-state index >= 15 is 0 Å². The molecule has 1 aromatic carbocycles. The first-order chi connectivity index (χ1) is 12.2. The molecule has 0 saturated heterocycles. The van der Waals surface area contributed by atoms with Gasteiger partial charge in [-0.3, -0.25) is 0 Å². The lowest BCUT2D eigenvalue weighted by Gasteiger charge is -2.37.